The van der Waals surface area contributed by atoms with E-state index in [1.165, 1.54) is 25.3 Å². The molecule has 0 spiro atoms. The predicted molar refractivity (Wildman–Crippen MR) is 221 cm³/mol. The summed E-state index contributed by atoms with van der Waals surface area (Å²) in [4.78, 5) is 78.9. The van der Waals surface area contributed by atoms with E-state index in [2.05, 4.69) is 42.5 Å². The van der Waals surface area contributed by atoms with Crippen molar-refractivity contribution in [3.8, 4) is 11.5 Å². The van der Waals surface area contributed by atoms with Crippen molar-refractivity contribution < 1.29 is 37.2 Å². The van der Waals surface area contributed by atoms with Crippen LogP contribution in [0.15, 0.2) is 53.4 Å². The van der Waals surface area contributed by atoms with Gasteiger partial charge in [-0.05, 0) is 114 Å². The van der Waals surface area contributed by atoms with Crippen LogP contribution in [-0.2, 0) is 22.6 Å². The fraction of sp³-hybridized carbons (Fsp3) is 0.511. The van der Waals surface area contributed by atoms with Crippen molar-refractivity contribution in [3.05, 3.63) is 82.8 Å². The van der Waals surface area contributed by atoms with Crippen LogP contribution in [0.4, 0.5) is 14.5 Å². The van der Waals surface area contributed by atoms with Gasteiger partial charge in [-0.1, -0.05) is 25.0 Å². The molecule has 2 saturated heterocycles. The van der Waals surface area contributed by atoms with Crippen LogP contribution in [0.1, 0.15) is 131 Å². The Bertz CT molecular complexity index is 2360. The maximum Gasteiger partial charge on any atom is 0.284 e. The number of anilines is 1. The number of carbonyl (C=O) groups is 5. The number of pyridine rings is 1. The largest absolute Gasteiger partial charge is 0.444 e. The molecule has 326 valence electrons. The number of nitrogens with one attached hydrogen (secondary N) is 2. The van der Waals surface area contributed by atoms with Crippen molar-refractivity contribution in [1.82, 2.24) is 39.8 Å². The third-order valence-electron chi connectivity index (χ3n) is 13.4. The molecule has 62 heavy (non-hydrogen) atoms. The van der Waals surface area contributed by atoms with Gasteiger partial charge in [0.2, 0.25) is 17.7 Å². The zero-order valence-electron chi connectivity index (χ0n) is 34.7. The molecule has 4 aromatic rings. The molecule has 6 heterocycles. The number of piperidine rings is 2. The van der Waals surface area contributed by atoms with Gasteiger partial charge in [0.05, 0.1) is 22.9 Å². The summed E-state index contributed by atoms with van der Waals surface area (Å²) in [6, 6.07) is 8.24. The zero-order valence-corrected chi connectivity index (χ0v) is 34.7. The average Bonchev–Trinajstić information content (AvgIpc) is 3.67. The highest BCUT2D eigenvalue weighted by molar-refractivity contribution is 6.24. The second kappa shape index (κ2) is 17.6. The normalized spacial score (nSPS) is 22.5. The second-order valence-electron chi connectivity index (χ2n) is 17.6. The van der Waals surface area contributed by atoms with Gasteiger partial charge in [0.15, 0.2) is 11.4 Å². The number of fused-ring (bicyclic) bond motifs is 1. The summed E-state index contributed by atoms with van der Waals surface area (Å²) in [6.07, 6.45) is 11.5. The molecule has 3 aliphatic heterocycles. The van der Waals surface area contributed by atoms with Crippen LogP contribution < -0.4 is 10.6 Å². The average molecular weight is 852 g/mol. The van der Waals surface area contributed by atoms with E-state index >= 15 is 0 Å². The minimum Gasteiger partial charge on any atom is -0.444 e. The number of hydrogen-bond donors (Lipinski definition) is 2. The molecule has 1 unspecified atom stereocenters. The molecule has 4 fully saturated rings. The fourth-order valence-corrected chi connectivity index (χ4v) is 9.68. The zero-order chi connectivity index (χ0) is 43.1. The minimum absolute atomic E-state index is 0.0202. The van der Waals surface area contributed by atoms with E-state index in [9.17, 15) is 32.8 Å². The van der Waals surface area contributed by atoms with Crippen LogP contribution in [0, 0.1) is 11.8 Å². The van der Waals surface area contributed by atoms with Gasteiger partial charge in [-0.3, -0.25) is 48.8 Å². The number of aromatic nitrogens is 4. The summed E-state index contributed by atoms with van der Waals surface area (Å²) in [7, 11) is 2.16. The molecule has 1 aromatic carbocycles. The lowest BCUT2D eigenvalue weighted by Crippen LogP contribution is -2.54. The topological polar surface area (TPSA) is 176 Å². The van der Waals surface area contributed by atoms with Crippen LogP contribution in [0.2, 0.25) is 0 Å². The number of hydrogen-bond acceptors (Lipinski definition) is 11. The maximum absolute atomic E-state index is 14.2. The van der Waals surface area contributed by atoms with Crippen LogP contribution in [-0.4, -0.2) is 103 Å². The molecule has 2 N–H and O–H groups in total. The fourth-order valence-electron chi connectivity index (χ4n) is 9.68. The molecule has 17 heteroatoms. The van der Waals surface area contributed by atoms with E-state index in [-0.39, 0.29) is 36.2 Å². The molecule has 5 amide bonds. The molecular formula is C45H51F2N9O6. The van der Waals surface area contributed by atoms with E-state index in [1.54, 1.807) is 29.1 Å². The summed E-state index contributed by atoms with van der Waals surface area (Å²) in [5.74, 6) is -1.20. The number of benzene rings is 1. The van der Waals surface area contributed by atoms with Gasteiger partial charge < -0.3 is 14.6 Å². The number of imide groups is 2. The first-order valence-electron chi connectivity index (χ1n) is 21.8. The van der Waals surface area contributed by atoms with Crippen LogP contribution in [0.25, 0.3) is 11.5 Å². The Morgan fingerprint density at radius 2 is 1.76 bits per heavy atom. The summed E-state index contributed by atoms with van der Waals surface area (Å²) in [5, 5.41) is 9.10. The quantitative estimate of drug-likeness (QED) is 0.138. The van der Waals surface area contributed by atoms with Crippen molar-refractivity contribution in [2.45, 2.75) is 108 Å². The number of oxazole rings is 1. The number of alkyl halides is 2. The third-order valence-corrected chi connectivity index (χ3v) is 13.4. The van der Waals surface area contributed by atoms with Gasteiger partial charge in [-0.15, -0.1) is 0 Å². The van der Waals surface area contributed by atoms with Crippen molar-refractivity contribution in [3.63, 3.8) is 0 Å². The molecule has 0 bridgehead atoms. The number of nitrogens with zero attached hydrogens (tertiary/aromatic N) is 7. The third kappa shape index (κ3) is 8.82. The molecule has 15 nitrogen and oxygen atoms in total. The summed E-state index contributed by atoms with van der Waals surface area (Å²) in [6.45, 7) is 3.06. The monoisotopic (exact) mass is 851 g/mol. The first-order valence-corrected chi connectivity index (χ1v) is 21.8. The van der Waals surface area contributed by atoms with Gasteiger partial charge in [0.25, 0.3) is 24.1 Å². The number of rotatable bonds is 14. The number of halogens is 2. The first-order chi connectivity index (χ1) is 30.0. The van der Waals surface area contributed by atoms with E-state index in [4.69, 9.17) is 4.42 Å². The number of likely N-dealkylation sites (tertiary alicyclic amines) is 1. The smallest absolute Gasteiger partial charge is 0.284 e. The Labute approximate surface area is 357 Å². The number of amides is 5. The van der Waals surface area contributed by atoms with Crippen LogP contribution in [0.3, 0.4) is 0 Å². The second-order valence-corrected chi connectivity index (χ2v) is 17.6. The number of carbonyl (C=O) groups excluding carboxylic acids is 5. The Kier molecular flexibility index (Phi) is 11.8. The standard InChI is InChI=1S/C45H51F2N9O6/c1-53(31-16-19-54(20-17-31)23-29-3-2-4-33-38(29)45(61)56(44(33)60)36-13-14-37(57)51-42(36)59)22-27-8-11-32(12-9-27)55-24-34(39(52-55)40(46)47)49-41(58)35-25-62-43(50-35)28-15-18-48-30(21-28)10-7-26-5-6-26/h2-4,15,18,21,24-27,31-32,36,40H,5-14,16-17,19-20,22-23H2,1H3,(H,49,58)(H,51,57,59). The molecule has 2 aliphatic carbocycles. The molecule has 2 saturated carbocycles. The Morgan fingerprint density at radius 3 is 2.50 bits per heavy atom. The Balaban J connectivity index is 0.748. The summed E-state index contributed by atoms with van der Waals surface area (Å²) in [5.41, 5.74) is 2.48. The Morgan fingerprint density at radius 1 is 0.984 bits per heavy atom. The van der Waals surface area contributed by atoms with Gasteiger partial charge in [-0.25, -0.2) is 13.8 Å². The SMILES string of the molecule is CN(CC1CCC(n2cc(NC(=O)c3coc(-c4ccnc(CCC5CC5)c4)n3)c(C(F)F)n2)CC1)C1CCN(Cc2cccc3c2C(=O)N(C2CCC(=O)NC2=O)C3=O)CC1. The maximum atomic E-state index is 14.2. The van der Waals surface area contributed by atoms with Gasteiger partial charge in [0, 0.05) is 49.2 Å². The van der Waals surface area contributed by atoms with Crippen LogP contribution >= 0.6 is 0 Å². The first kappa shape index (κ1) is 41.7. The number of aryl methyl sites for hydroxylation is 1. The molecular weight excluding hydrogens is 801 g/mol. The lowest BCUT2D eigenvalue weighted by atomic mass is 9.85. The van der Waals surface area contributed by atoms with Crippen molar-refractivity contribution in [1.29, 1.82) is 0 Å². The summed E-state index contributed by atoms with van der Waals surface area (Å²) >= 11 is 0. The van der Waals surface area contributed by atoms with Gasteiger partial charge in [-0.2, -0.15) is 5.10 Å². The van der Waals surface area contributed by atoms with Crippen molar-refractivity contribution >= 4 is 35.2 Å². The van der Waals surface area contributed by atoms with E-state index in [0.29, 0.717) is 35.2 Å². The van der Waals surface area contributed by atoms with Gasteiger partial charge >= 0.3 is 0 Å². The van der Waals surface area contributed by atoms with Crippen LogP contribution in [0.5, 0.6) is 0 Å². The molecule has 0 radical (unpaired) electrons. The molecule has 3 aromatic heterocycles. The van der Waals surface area contributed by atoms with E-state index in [0.717, 1.165) is 93.1 Å². The Hall–Kier alpha value is -5.68. The lowest BCUT2D eigenvalue weighted by molar-refractivity contribution is -0.136. The van der Waals surface area contributed by atoms with Crippen molar-refractivity contribution in [2.75, 3.05) is 32.0 Å². The highest BCUT2D eigenvalue weighted by Crippen LogP contribution is 2.37. The van der Waals surface area contributed by atoms with Gasteiger partial charge in [0.1, 0.15) is 12.3 Å². The van der Waals surface area contributed by atoms with E-state index in [1.807, 2.05) is 12.1 Å². The summed E-state index contributed by atoms with van der Waals surface area (Å²) < 4.78 is 35.6. The lowest BCUT2D eigenvalue weighted by Gasteiger charge is -2.39. The van der Waals surface area contributed by atoms with Crippen molar-refractivity contribution in [2.24, 2.45) is 11.8 Å². The molecule has 1 atom stereocenters. The predicted octanol–water partition coefficient (Wildman–Crippen LogP) is 6.19. The highest BCUT2D eigenvalue weighted by atomic mass is 19.3. The van der Waals surface area contributed by atoms with E-state index < -0.39 is 47.7 Å². The molecule has 9 rings (SSSR count). The minimum atomic E-state index is -2.88. The molecule has 5 aliphatic rings. The highest BCUT2D eigenvalue weighted by Gasteiger charge is 2.45.